The Kier molecular flexibility index (Phi) is 2.08. The largest absolute Gasteiger partial charge is 0.366 e. The zero-order chi connectivity index (χ0) is 9.64. The summed E-state index contributed by atoms with van der Waals surface area (Å²) >= 11 is 0. The van der Waals surface area contributed by atoms with Gasteiger partial charge in [-0.3, -0.25) is 0 Å². The van der Waals surface area contributed by atoms with Crippen molar-refractivity contribution >= 4 is 0 Å². The molecule has 5 heteroatoms. The van der Waals surface area contributed by atoms with E-state index in [4.69, 9.17) is 19.9 Å². The Morgan fingerprint density at radius 2 is 1.92 bits per heavy atom. The summed E-state index contributed by atoms with van der Waals surface area (Å²) < 4.78 is 16.2. The molecule has 0 aliphatic carbocycles. The molecule has 0 aromatic heterocycles. The Bertz CT molecular complexity index is 208. The zero-order valence-electron chi connectivity index (χ0n) is 7.77. The van der Waals surface area contributed by atoms with Gasteiger partial charge in [0.15, 0.2) is 12.1 Å². The van der Waals surface area contributed by atoms with Gasteiger partial charge >= 0.3 is 0 Å². The van der Waals surface area contributed by atoms with Crippen LogP contribution < -0.4 is 5.73 Å². The molecule has 0 aromatic rings. The van der Waals surface area contributed by atoms with E-state index in [-0.39, 0.29) is 12.2 Å². The Hall–Kier alpha value is -0.200. The van der Waals surface area contributed by atoms with Crippen molar-refractivity contribution in [2.75, 3.05) is 6.54 Å². The van der Waals surface area contributed by atoms with Crippen molar-refractivity contribution in [1.82, 2.24) is 0 Å². The summed E-state index contributed by atoms with van der Waals surface area (Å²) in [4.78, 5) is 0. The minimum absolute atomic E-state index is 0.241. The number of aliphatic hydroxyl groups excluding tert-OH is 1. The Morgan fingerprint density at radius 3 is 2.54 bits per heavy atom. The maximum absolute atomic E-state index is 9.45. The lowest BCUT2D eigenvalue weighted by molar-refractivity contribution is -0.218. The van der Waals surface area contributed by atoms with E-state index in [0.717, 1.165) is 0 Å². The minimum Gasteiger partial charge on any atom is -0.366 e. The van der Waals surface area contributed by atoms with Crippen molar-refractivity contribution in [2.24, 2.45) is 5.73 Å². The first-order valence-corrected chi connectivity index (χ1v) is 4.43. The lowest BCUT2D eigenvalue weighted by atomic mass is 10.1. The summed E-state index contributed by atoms with van der Waals surface area (Å²) in [5, 5.41) is 9.45. The van der Waals surface area contributed by atoms with E-state index in [9.17, 15) is 5.11 Å². The molecule has 2 aliphatic heterocycles. The van der Waals surface area contributed by atoms with Crippen LogP contribution in [0.1, 0.15) is 13.8 Å². The van der Waals surface area contributed by atoms with Gasteiger partial charge in [0.2, 0.25) is 0 Å². The van der Waals surface area contributed by atoms with E-state index in [1.165, 1.54) is 0 Å². The molecule has 0 spiro atoms. The molecule has 0 bridgehead atoms. The van der Waals surface area contributed by atoms with Crippen LogP contribution in [0, 0.1) is 0 Å². The van der Waals surface area contributed by atoms with Gasteiger partial charge in [-0.25, -0.2) is 0 Å². The Labute approximate surface area is 76.8 Å². The molecule has 2 saturated heterocycles. The lowest BCUT2D eigenvalue weighted by Crippen LogP contribution is -2.34. The average Bonchev–Trinajstić information content (AvgIpc) is 2.47. The van der Waals surface area contributed by atoms with Crippen LogP contribution in [0.25, 0.3) is 0 Å². The molecule has 1 unspecified atom stereocenters. The molecule has 13 heavy (non-hydrogen) atoms. The third-order valence-corrected chi connectivity index (χ3v) is 2.36. The highest BCUT2D eigenvalue weighted by atomic mass is 16.8. The first kappa shape index (κ1) is 9.36. The van der Waals surface area contributed by atoms with Crippen LogP contribution in [0.2, 0.25) is 0 Å². The second kappa shape index (κ2) is 2.90. The van der Waals surface area contributed by atoms with Gasteiger partial charge in [-0.05, 0) is 13.8 Å². The number of hydrogen-bond acceptors (Lipinski definition) is 5. The van der Waals surface area contributed by atoms with Gasteiger partial charge in [-0.1, -0.05) is 0 Å². The number of ether oxygens (including phenoxy) is 3. The molecule has 0 aromatic carbocycles. The van der Waals surface area contributed by atoms with Gasteiger partial charge in [0.1, 0.15) is 18.3 Å². The summed E-state index contributed by atoms with van der Waals surface area (Å²) in [6.07, 6.45) is -1.82. The van der Waals surface area contributed by atoms with Crippen LogP contribution in [0.4, 0.5) is 0 Å². The van der Waals surface area contributed by atoms with E-state index < -0.39 is 18.2 Å². The standard InChI is InChI=1S/C8H15NO4/c1-8(2)12-5-4(3-9)11-7(10)6(5)13-8/h4-7,10H,3,9H2,1-2H3/t4-,5-,6-,7?/m1/s1. The molecule has 76 valence electrons. The molecule has 0 saturated carbocycles. The normalized spacial score (nSPS) is 48.0. The molecule has 4 atom stereocenters. The summed E-state index contributed by atoms with van der Waals surface area (Å²) in [6, 6.07) is 0. The molecular formula is C8H15NO4. The third-order valence-electron chi connectivity index (χ3n) is 2.36. The smallest absolute Gasteiger partial charge is 0.184 e. The average molecular weight is 189 g/mol. The SMILES string of the molecule is CC1(C)O[C@@H]2[C@@H](CN)OC(O)[C@@H]2O1. The summed E-state index contributed by atoms with van der Waals surface area (Å²) in [7, 11) is 0. The topological polar surface area (TPSA) is 73.9 Å². The van der Waals surface area contributed by atoms with Crippen LogP contribution in [-0.2, 0) is 14.2 Å². The second-order valence-electron chi connectivity index (χ2n) is 3.87. The minimum atomic E-state index is -0.916. The van der Waals surface area contributed by atoms with Gasteiger partial charge in [0.05, 0.1) is 0 Å². The highest BCUT2D eigenvalue weighted by Gasteiger charge is 2.54. The molecule has 2 fully saturated rings. The van der Waals surface area contributed by atoms with Crippen LogP contribution >= 0.6 is 0 Å². The molecule has 2 heterocycles. The van der Waals surface area contributed by atoms with Crippen molar-refractivity contribution in [2.45, 2.75) is 44.2 Å². The zero-order valence-corrected chi connectivity index (χ0v) is 7.77. The first-order valence-electron chi connectivity index (χ1n) is 4.43. The Balaban J connectivity index is 2.12. The number of fused-ring (bicyclic) bond motifs is 1. The maximum Gasteiger partial charge on any atom is 0.184 e. The quantitative estimate of drug-likeness (QED) is 0.564. The highest BCUT2D eigenvalue weighted by Crippen LogP contribution is 2.37. The highest BCUT2D eigenvalue weighted by molar-refractivity contribution is 4.94. The van der Waals surface area contributed by atoms with Crippen LogP contribution in [-0.4, -0.2) is 42.0 Å². The first-order chi connectivity index (χ1) is 6.03. The molecular weight excluding hydrogens is 174 g/mol. The monoisotopic (exact) mass is 189 g/mol. The van der Waals surface area contributed by atoms with Crippen molar-refractivity contribution in [1.29, 1.82) is 0 Å². The van der Waals surface area contributed by atoms with Gasteiger partial charge in [-0.15, -0.1) is 0 Å². The van der Waals surface area contributed by atoms with E-state index in [0.29, 0.717) is 6.54 Å². The van der Waals surface area contributed by atoms with Gasteiger partial charge in [-0.2, -0.15) is 0 Å². The van der Waals surface area contributed by atoms with Crippen molar-refractivity contribution in [3.8, 4) is 0 Å². The van der Waals surface area contributed by atoms with E-state index in [2.05, 4.69) is 0 Å². The molecule has 5 nitrogen and oxygen atoms in total. The van der Waals surface area contributed by atoms with E-state index >= 15 is 0 Å². The van der Waals surface area contributed by atoms with Crippen LogP contribution in [0.3, 0.4) is 0 Å². The van der Waals surface area contributed by atoms with Crippen molar-refractivity contribution in [3.63, 3.8) is 0 Å². The van der Waals surface area contributed by atoms with Crippen molar-refractivity contribution in [3.05, 3.63) is 0 Å². The maximum atomic E-state index is 9.45. The van der Waals surface area contributed by atoms with Gasteiger partial charge in [0.25, 0.3) is 0 Å². The molecule has 2 rings (SSSR count). The number of rotatable bonds is 1. The fraction of sp³-hybridized carbons (Fsp3) is 1.00. The molecule has 2 aliphatic rings. The van der Waals surface area contributed by atoms with Crippen LogP contribution in [0.5, 0.6) is 0 Å². The lowest BCUT2D eigenvalue weighted by Gasteiger charge is -2.21. The molecule has 3 N–H and O–H groups in total. The van der Waals surface area contributed by atoms with E-state index in [1.807, 2.05) is 13.8 Å². The fourth-order valence-corrected chi connectivity index (χ4v) is 1.85. The summed E-state index contributed by atoms with van der Waals surface area (Å²) in [5.41, 5.74) is 5.47. The van der Waals surface area contributed by atoms with Crippen LogP contribution in [0.15, 0.2) is 0 Å². The third kappa shape index (κ3) is 1.47. The van der Waals surface area contributed by atoms with Gasteiger partial charge in [0, 0.05) is 6.54 Å². The fourth-order valence-electron chi connectivity index (χ4n) is 1.85. The molecule has 0 radical (unpaired) electrons. The number of hydrogen-bond donors (Lipinski definition) is 2. The number of aliphatic hydroxyl groups is 1. The van der Waals surface area contributed by atoms with E-state index in [1.54, 1.807) is 0 Å². The summed E-state index contributed by atoms with van der Waals surface area (Å²) in [5.74, 6) is -0.645. The molecule has 0 amide bonds. The predicted octanol–water partition coefficient (Wildman–Crippen LogP) is -0.818. The number of nitrogens with two attached hydrogens (primary N) is 1. The van der Waals surface area contributed by atoms with Gasteiger partial charge < -0.3 is 25.1 Å². The Morgan fingerprint density at radius 1 is 1.31 bits per heavy atom. The van der Waals surface area contributed by atoms with Crippen molar-refractivity contribution < 1.29 is 19.3 Å². The second-order valence-corrected chi connectivity index (χ2v) is 3.87. The predicted molar refractivity (Wildman–Crippen MR) is 43.8 cm³/mol. The summed E-state index contributed by atoms with van der Waals surface area (Å²) in [6.45, 7) is 3.95.